The zero-order valence-electron chi connectivity index (χ0n) is 22.6. The first kappa shape index (κ1) is 26.9. The number of Topliss-reactive ketones (excluding diaryl/α,β-unsaturated/α-hetero) is 1. The zero-order chi connectivity index (χ0) is 28.2. The number of para-hydroxylation sites is 1. The van der Waals surface area contributed by atoms with E-state index in [4.69, 9.17) is 23.0 Å². The van der Waals surface area contributed by atoms with Crippen LogP contribution in [0.2, 0.25) is 0 Å². The van der Waals surface area contributed by atoms with Crippen LogP contribution in [0.1, 0.15) is 54.6 Å². The van der Waals surface area contributed by atoms with E-state index in [-0.39, 0.29) is 17.9 Å². The van der Waals surface area contributed by atoms with Crippen molar-refractivity contribution < 1.29 is 37.7 Å². The second kappa shape index (κ2) is 11.6. The average molecular weight is 546 g/mol. The molecule has 1 atom stereocenters. The molecule has 0 radical (unpaired) electrons. The van der Waals surface area contributed by atoms with Crippen LogP contribution in [0.5, 0.6) is 17.2 Å². The summed E-state index contributed by atoms with van der Waals surface area (Å²) in [6.45, 7) is 4.89. The quantitative estimate of drug-likeness (QED) is 0.161. The van der Waals surface area contributed by atoms with Gasteiger partial charge in [0.05, 0.1) is 44.7 Å². The largest absolute Gasteiger partial charge is 0.503 e. The molecule has 2 aromatic carbocycles. The fourth-order valence-electron chi connectivity index (χ4n) is 4.82. The summed E-state index contributed by atoms with van der Waals surface area (Å²) in [5.74, 6) is 0.0288. The molecular formula is C31H31NO8. The molecule has 0 fully saturated rings. The predicted molar refractivity (Wildman–Crippen MR) is 147 cm³/mol. The number of nitrogens with zero attached hydrogens (tertiary/aromatic N) is 1. The number of benzene rings is 2. The number of fused-ring (bicyclic) bond motifs is 1. The number of rotatable bonds is 12. The Morgan fingerprint density at radius 1 is 1.02 bits per heavy atom. The lowest BCUT2D eigenvalue weighted by atomic mass is 9.94. The van der Waals surface area contributed by atoms with Gasteiger partial charge in [-0.15, -0.1) is 0 Å². The molecule has 2 aromatic heterocycles. The van der Waals surface area contributed by atoms with Gasteiger partial charge >= 0.3 is 0 Å². The molecule has 1 unspecified atom stereocenters. The summed E-state index contributed by atoms with van der Waals surface area (Å²) >= 11 is 0. The molecule has 0 saturated heterocycles. The van der Waals surface area contributed by atoms with Crippen molar-refractivity contribution in [2.45, 2.75) is 39.3 Å². The number of ether oxygens (including phenoxy) is 3. The molecule has 1 amide bonds. The molecule has 9 heteroatoms. The molecule has 1 aliphatic heterocycles. The molecule has 208 valence electrons. The maximum Gasteiger partial charge on any atom is 0.290 e. The molecule has 9 nitrogen and oxygen atoms in total. The van der Waals surface area contributed by atoms with Crippen LogP contribution in [0.3, 0.4) is 0 Å². The van der Waals surface area contributed by atoms with Gasteiger partial charge in [-0.2, -0.15) is 0 Å². The lowest BCUT2D eigenvalue weighted by Crippen LogP contribution is -2.30. The first-order valence-electron chi connectivity index (χ1n) is 13.2. The van der Waals surface area contributed by atoms with Gasteiger partial charge in [-0.1, -0.05) is 31.5 Å². The SMILES string of the molecule is CCCCOc1ccc(C2C(C(=O)c3cc4cccc(OC)c4o3)=C(O)C(=O)N2Cc2ccco2)cc1OCC. The third-order valence-electron chi connectivity index (χ3n) is 6.75. The minimum absolute atomic E-state index is 0.0248. The van der Waals surface area contributed by atoms with Crippen molar-refractivity contribution in [3.63, 3.8) is 0 Å². The van der Waals surface area contributed by atoms with Gasteiger partial charge in [-0.3, -0.25) is 9.59 Å². The topological polar surface area (TPSA) is 112 Å². The van der Waals surface area contributed by atoms with E-state index in [2.05, 4.69) is 6.92 Å². The number of aliphatic hydroxyl groups excluding tert-OH is 1. The molecule has 1 aliphatic rings. The molecule has 0 aliphatic carbocycles. The van der Waals surface area contributed by atoms with E-state index in [1.165, 1.54) is 18.3 Å². The Balaban J connectivity index is 1.59. The lowest BCUT2D eigenvalue weighted by molar-refractivity contribution is -0.130. The van der Waals surface area contributed by atoms with E-state index < -0.39 is 23.5 Å². The van der Waals surface area contributed by atoms with E-state index in [1.54, 1.807) is 54.6 Å². The van der Waals surface area contributed by atoms with Crippen LogP contribution in [0, 0.1) is 0 Å². The Labute approximate surface area is 231 Å². The van der Waals surface area contributed by atoms with E-state index >= 15 is 0 Å². The van der Waals surface area contributed by atoms with Crippen molar-refractivity contribution in [3.8, 4) is 17.2 Å². The normalized spacial score (nSPS) is 15.2. The first-order chi connectivity index (χ1) is 19.5. The molecule has 0 bridgehead atoms. The van der Waals surface area contributed by atoms with Crippen LogP contribution in [0.15, 0.2) is 81.0 Å². The summed E-state index contributed by atoms with van der Waals surface area (Å²) in [6.07, 6.45) is 3.37. The van der Waals surface area contributed by atoms with Crippen molar-refractivity contribution >= 4 is 22.7 Å². The number of carbonyl (C=O) groups excluding carboxylic acids is 2. The van der Waals surface area contributed by atoms with Gasteiger partial charge in [0.1, 0.15) is 5.76 Å². The van der Waals surface area contributed by atoms with E-state index in [9.17, 15) is 14.7 Å². The Morgan fingerprint density at radius 3 is 2.60 bits per heavy atom. The number of amides is 1. The highest BCUT2D eigenvalue weighted by Crippen LogP contribution is 2.43. The monoisotopic (exact) mass is 545 g/mol. The molecule has 0 saturated carbocycles. The number of methoxy groups -OCH3 is 1. The van der Waals surface area contributed by atoms with Crippen LogP contribution in [-0.2, 0) is 11.3 Å². The summed E-state index contributed by atoms with van der Waals surface area (Å²) < 4.78 is 28.5. The number of furan rings is 2. The molecule has 0 spiro atoms. The number of ketones is 1. The third kappa shape index (κ3) is 5.02. The number of aliphatic hydroxyl groups is 1. The molecule has 5 rings (SSSR count). The minimum atomic E-state index is -0.941. The summed E-state index contributed by atoms with van der Waals surface area (Å²) in [5.41, 5.74) is 0.859. The molecule has 1 N–H and O–H groups in total. The van der Waals surface area contributed by atoms with Gasteiger partial charge in [0.2, 0.25) is 5.78 Å². The number of carbonyl (C=O) groups is 2. The Hall–Kier alpha value is -4.66. The van der Waals surface area contributed by atoms with Gasteiger partial charge in [0.25, 0.3) is 5.91 Å². The van der Waals surface area contributed by atoms with Crippen LogP contribution in [0.4, 0.5) is 0 Å². The van der Waals surface area contributed by atoms with Crippen molar-refractivity contribution in [2.75, 3.05) is 20.3 Å². The summed E-state index contributed by atoms with van der Waals surface area (Å²) in [4.78, 5) is 28.7. The highest BCUT2D eigenvalue weighted by Gasteiger charge is 2.45. The zero-order valence-corrected chi connectivity index (χ0v) is 22.6. The molecule has 4 aromatic rings. The Bertz CT molecular complexity index is 1550. The molecular weight excluding hydrogens is 514 g/mol. The lowest BCUT2D eigenvalue weighted by Gasteiger charge is -2.26. The first-order valence-corrected chi connectivity index (χ1v) is 13.2. The summed E-state index contributed by atoms with van der Waals surface area (Å²) in [6, 6.07) is 14.6. The molecule has 40 heavy (non-hydrogen) atoms. The van der Waals surface area contributed by atoms with Gasteiger partial charge in [-0.05, 0) is 55.3 Å². The average Bonchev–Trinajstić information content (AvgIpc) is 3.69. The van der Waals surface area contributed by atoms with Gasteiger partial charge in [0, 0.05) is 5.39 Å². The van der Waals surface area contributed by atoms with Gasteiger partial charge in [-0.25, -0.2) is 0 Å². The predicted octanol–water partition coefficient (Wildman–Crippen LogP) is 6.39. The maximum atomic E-state index is 13.9. The molecule has 3 heterocycles. The fourth-order valence-corrected chi connectivity index (χ4v) is 4.82. The number of hydrogen-bond acceptors (Lipinski definition) is 8. The van der Waals surface area contributed by atoms with Crippen LogP contribution in [-0.4, -0.2) is 42.0 Å². The van der Waals surface area contributed by atoms with Crippen LogP contribution >= 0.6 is 0 Å². The van der Waals surface area contributed by atoms with E-state index in [0.29, 0.717) is 52.8 Å². The van der Waals surface area contributed by atoms with Crippen LogP contribution in [0.25, 0.3) is 11.0 Å². The summed E-state index contributed by atoms with van der Waals surface area (Å²) in [5, 5.41) is 11.7. The highest BCUT2D eigenvalue weighted by molar-refractivity contribution is 6.16. The van der Waals surface area contributed by atoms with Crippen molar-refractivity contribution in [1.29, 1.82) is 0 Å². The number of hydrogen-bond donors (Lipinski definition) is 1. The summed E-state index contributed by atoms with van der Waals surface area (Å²) in [7, 11) is 1.51. The number of unbranched alkanes of at least 4 members (excludes halogenated alkanes) is 1. The minimum Gasteiger partial charge on any atom is -0.503 e. The highest BCUT2D eigenvalue weighted by atomic mass is 16.5. The second-order valence-corrected chi connectivity index (χ2v) is 9.34. The van der Waals surface area contributed by atoms with Gasteiger partial charge < -0.3 is 33.1 Å². The van der Waals surface area contributed by atoms with Crippen molar-refractivity contribution in [3.05, 3.63) is 89.3 Å². The fraction of sp³-hybridized carbons (Fsp3) is 0.290. The van der Waals surface area contributed by atoms with E-state index in [1.807, 2.05) is 6.92 Å². The van der Waals surface area contributed by atoms with E-state index in [0.717, 1.165) is 12.8 Å². The Morgan fingerprint density at radius 2 is 1.88 bits per heavy atom. The van der Waals surface area contributed by atoms with Crippen LogP contribution < -0.4 is 14.2 Å². The third-order valence-corrected chi connectivity index (χ3v) is 6.75. The smallest absolute Gasteiger partial charge is 0.290 e. The standard InChI is InChI=1S/C31H31NO8/c1-4-6-14-39-22-13-12-19(16-24(22)37-5-2)27-26(29(34)31(35)32(27)18-21-10-8-15-38-21)28(33)25-17-20-9-7-11-23(36-3)30(20)40-25/h7-13,15-17,27,34H,4-6,14,18H2,1-3H3. The Kier molecular flexibility index (Phi) is 7.82. The second-order valence-electron chi connectivity index (χ2n) is 9.34. The van der Waals surface area contributed by atoms with Gasteiger partial charge in [0.15, 0.2) is 34.4 Å². The van der Waals surface area contributed by atoms with Crippen molar-refractivity contribution in [2.24, 2.45) is 0 Å². The maximum absolute atomic E-state index is 13.9. The van der Waals surface area contributed by atoms with Crippen molar-refractivity contribution in [1.82, 2.24) is 4.90 Å².